The molecule has 25 heavy (non-hydrogen) atoms. The molecule has 0 aliphatic heterocycles. The van der Waals surface area contributed by atoms with Crippen molar-refractivity contribution in [2.75, 3.05) is 13.6 Å². The highest BCUT2D eigenvalue weighted by Crippen LogP contribution is 2.32. The predicted molar refractivity (Wildman–Crippen MR) is 97.0 cm³/mol. The fourth-order valence-electron chi connectivity index (χ4n) is 3.35. The van der Waals surface area contributed by atoms with E-state index in [2.05, 4.69) is 10.0 Å². The summed E-state index contributed by atoms with van der Waals surface area (Å²) in [7, 11) is -2.28. The molecule has 6 nitrogen and oxygen atoms in total. The third-order valence-electron chi connectivity index (χ3n) is 5.12. The van der Waals surface area contributed by atoms with Gasteiger partial charge in [-0.1, -0.05) is 25.3 Å². The van der Waals surface area contributed by atoms with E-state index in [1.165, 1.54) is 25.6 Å². The van der Waals surface area contributed by atoms with E-state index in [4.69, 9.17) is 0 Å². The molecule has 0 spiro atoms. The first-order chi connectivity index (χ1) is 11.7. The van der Waals surface area contributed by atoms with Gasteiger partial charge in [-0.15, -0.1) is 0 Å². The Kier molecular flexibility index (Phi) is 6.24. The molecular formula is C18H28N2O4S. The van der Waals surface area contributed by atoms with Crippen molar-refractivity contribution in [3.63, 3.8) is 0 Å². The summed E-state index contributed by atoms with van der Waals surface area (Å²) >= 11 is 0. The van der Waals surface area contributed by atoms with Crippen LogP contribution in [0.1, 0.15) is 54.9 Å². The van der Waals surface area contributed by atoms with Gasteiger partial charge >= 0.3 is 0 Å². The normalized spacial score (nSPS) is 18.6. The number of rotatable bonds is 6. The zero-order valence-corrected chi connectivity index (χ0v) is 15.9. The summed E-state index contributed by atoms with van der Waals surface area (Å²) in [6, 6.07) is 4.44. The van der Waals surface area contributed by atoms with E-state index in [1.54, 1.807) is 19.9 Å². The van der Waals surface area contributed by atoms with Gasteiger partial charge in [-0.25, -0.2) is 13.1 Å². The lowest BCUT2D eigenvalue weighted by Gasteiger charge is -2.35. The summed E-state index contributed by atoms with van der Waals surface area (Å²) in [6.07, 6.45) is 5.36. The third-order valence-corrected chi connectivity index (χ3v) is 6.54. The number of carbonyl (C=O) groups is 1. The molecule has 2 rings (SSSR count). The van der Waals surface area contributed by atoms with Gasteiger partial charge in [0.2, 0.25) is 10.0 Å². The maximum absolute atomic E-state index is 12.5. The van der Waals surface area contributed by atoms with E-state index < -0.39 is 15.6 Å². The second kappa shape index (κ2) is 7.85. The maximum Gasteiger partial charge on any atom is 0.251 e. The summed E-state index contributed by atoms with van der Waals surface area (Å²) in [5, 5.41) is 13.5. The van der Waals surface area contributed by atoms with E-state index >= 15 is 0 Å². The number of sulfonamides is 1. The van der Waals surface area contributed by atoms with Crippen molar-refractivity contribution in [2.45, 2.75) is 56.4 Å². The topological polar surface area (TPSA) is 95.5 Å². The zero-order chi connectivity index (χ0) is 18.7. The average Bonchev–Trinajstić information content (AvgIpc) is 2.60. The standard InChI is InChI=1S/C18H28N2O4S/c1-13-9-10-15(25(23,24)19-3)11-16(13)17(21)20-12-18(2,22)14-7-5-4-6-8-14/h9-11,14,19,22H,4-8,12H2,1-3H3,(H,20,21). The molecule has 3 N–H and O–H groups in total. The van der Waals surface area contributed by atoms with Crippen LogP contribution in [0.25, 0.3) is 0 Å². The number of hydrogen-bond donors (Lipinski definition) is 3. The molecule has 0 radical (unpaired) electrons. The van der Waals surface area contributed by atoms with Crippen molar-refractivity contribution < 1.29 is 18.3 Å². The van der Waals surface area contributed by atoms with Gasteiger partial charge < -0.3 is 10.4 Å². The summed E-state index contributed by atoms with van der Waals surface area (Å²) in [5.74, 6) is -0.194. The molecule has 0 heterocycles. The van der Waals surface area contributed by atoms with Crippen LogP contribution in [0.15, 0.2) is 23.1 Å². The minimum absolute atomic E-state index is 0.0461. The molecule has 1 amide bonds. The van der Waals surface area contributed by atoms with Crippen molar-refractivity contribution >= 4 is 15.9 Å². The highest BCUT2D eigenvalue weighted by Gasteiger charge is 2.33. The molecule has 0 bridgehead atoms. The molecule has 1 aromatic rings. The van der Waals surface area contributed by atoms with Crippen LogP contribution in [-0.4, -0.2) is 38.6 Å². The molecule has 1 unspecified atom stereocenters. The second-order valence-corrected chi connectivity index (χ2v) is 8.95. The molecule has 7 heteroatoms. The summed E-state index contributed by atoms with van der Waals surface area (Å²) in [5.41, 5.74) is 0.0270. The van der Waals surface area contributed by atoms with Gasteiger partial charge in [-0.2, -0.15) is 0 Å². The number of aliphatic hydroxyl groups is 1. The van der Waals surface area contributed by atoms with E-state index in [0.29, 0.717) is 11.1 Å². The maximum atomic E-state index is 12.5. The minimum Gasteiger partial charge on any atom is -0.388 e. The molecule has 1 saturated carbocycles. The number of amides is 1. The van der Waals surface area contributed by atoms with Gasteiger partial charge in [-0.05, 0) is 57.4 Å². The Morgan fingerprint density at radius 1 is 1.28 bits per heavy atom. The van der Waals surface area contributed by atoms with E-state index in [-0.39, 0.29) is 23.3 Å². The van der Waals surface area contributed by atoms with Gasteiger partial charge in [0.15, 0.2) is 0 Å². The van der Waals surface area contributed by atoms with Crippen LogP contribution in [0.4, 0.5) is 0 Å². The smallest absolute Gasteiger partial charge is 0.251 e. The van der Waals surface area contributed by atoms with Gasteiger partial charge in [0.05, 0.1) is 10.5 Å². The minimum atomic E-state index is -3.61. The Bertz CT molecular complexity index is 723. The number of benzene rings is 1. The fourth-order valence-corrected chi connectivity index (χ4v) is 4.11. The van der Waals surface area contributed by atoms with Crippen LogP contribution in [0, 0.1) is 12.8 Å². The quantitative estimate of drug-likeness (QED) is 0.715. The van der Waals surface area contributed by atoms with E-state index in [9.17, 15) is 18.3 Å². The summed E-state index contributed by atoms with van der Waals surface area (Å²) in [6.45, 7) is 3.67. The average molecular weight is 368 g/mol. The Hall–Kier alpha value is -1.44. The molecule has 0 saturated heterocycles. The molecule has 1 fully saturated rings. The first-order valence-corrected chi connectivity index (χ1v) is 10.2. The van der Waals surface area contributed by atoms with Gasteiger partial charge in [0, 0.05) is 12.1 Å². The van der Waals surface area contributed by atoms with Gasteiger partial charge in [0.1, 0.15) is 0 Å². The number of nitrogens with one attached hydrogen (secondary N) is 2. The number of hydrogen-bond acceptors (Lipinski definition) is 4. The highest BCUT2D eigenvalue weighted by molar-refractivity contribution is 7.89. The molecule has 0 aromatic heterocycles. The fraction of sp³-hybridized carbons (Fsp3) is 0.611. The summed E-state index contributed by atoms with van der Waals surface area (Å²) in [4.78, 5) is 12.6. The lowest BCUT2D eigenvalue weighted by molar-refractivity contribution is -0.0143. The van der Waals surface area contributed by atoms with Crippen LogP contribution >= 0.6 is 0 Å². The van der Waals surface area contributed by atoms with Crippen LogP contribution < -0.4 is 10.0 Å². The van der Waals surface area contributed by atoms with Crippen molar-refractivity contribution in [3.8, 4) is 0 Å². The third kappa shape index (κ3) is 4.80. The molecule has 140 valence electrons. The monoisotopic (exact) mass is 368 g/mol. The number of carbonyl (C=O) groups excluding carboxylic acids is 1. The molecular weight excluding hydrogens is 340 g/mol. The molecule has 1 atom stereocenters. The molecule has 1 aromatic carbocycles. The highest BCUT2D eigenvalue weighted by atomic mass is 32.2. The molecule has 1 aliphatic carbocycles. The SMILES string of the molecule is CNS(=O)(=O)c1ccc(C)c(C(=O)NCC(C)(O)C2CCCCC2)c1. The van der Waals surface area contributed by atoms with Crippen LogP contribution in [0.5, 0.6) is 0 Å². The first-order valence-electron chi connectivity index (χ1n) is 8.72. The van der Waals surface area contributed by atoms with Gasteiger partial charge in [-0.3, -0.25) is 4.79 Å². The lowest BCUT2D eigenvalue weighted by atomic mass is 9.78. The van der Waals surface area contributed by atoms with Crippen molar-refractivity contribution in [1.29, 1.82) is 0 Å². The second-order valence-electron chi connectivity index (χ2n) is 7.06. The van der Waals surface area contributed by atoms with Crippen LogP contribution in [0.3, 0.4) is 0 Å². The Balaban J connectivity index is 2.11. The van der Waals surface area contributed by atoms with Crippen LogP contribution in [-0.2, 0) is 10.0 Å². The van der Waals surface area contributed by atoms with Crippen molar-refractivity contribution in [2.24, 2.45) is 5.92 Å². The Labute approximate surface area is 150 Å². The Morgan fingerprint density at radius 2 is 1.92 bits per heavy atom. The van der Waals surface area contributed by atoms with E-state index in [0.717, 1.165) is 25.7 Å². The predicted octanol–water partition coefficient (Wildman–Crippen LogP) is 1.96. The largest absolute Gasteiger partial charge is 0.388 e. The number of aryl methyl sites for hydroxylation is 1. The van der Waals surface area contributed by atoms with Crippen molar-refractivity contribution in [1.82, 2.24) is 10.0 Å². The zero-order valence-electron chi connectivity index (χ0n) is 15.1. The van der Waals surface area contributed by atoms with Crippen molar-refractivity contribution in [3.05, 3.63) is 29.3 Å². The van der Waals surface area contributed by atoms with E-state index in [1.807, 2.05) is 0 Å². The molecule has 1 aliphatic rings. The summed E-state index contributed by atoms with van der Waals surface area (Å²) < 4.78 is 26.1. The first kappa shape index (κ1) is 19.9. The van der Waals surface area contributed by atoms with Crippen LogP contribution in [0.2, 0.25) is 0 Å². The Morgan fingerprint density at radius 3 is 2.52 bits per heavy atom. The lowest BCUT2D eigenvalue weighted by Crippen LogP contribution is -2.46. The van der Waals surface area contributed by atoms with Gasteiger partial charge in [0.25, 0.3) is 5.91 Å².